The first-order chi connectivity index (χ1) is 10.0. The largest absolute Gasteiger partial charge is 0.379 e. The fraction of sp³-hybridized carbons (Fsp3) is 0.615. The Balaban J connectivity index is 2.03. The van der Waals surface area contributed by atoms with Crippen LogP contribution < -0.4 is 16.6 Å². The number of allylic oxidation sites excluding steroid dienone is 1. The van der Waals surface area contributed by atoms with E-state index in [1.165, 1.54) is 0 Å². The van der Waals surface area contributed by atoms with Crippen molar-refractivity contribution in [2.45, 2.75) is 25.7 Å². The Bertz CT molecular complexity index is 395. The fourth-order valence-corrected chi connectivity index (χ4v) is 1.88. The first-order valence-electron chi connectivity index (χ1n) is 6.86. The molecular weight excluding hydrogens is 276 g/mol. The van der Waals surface area contributed by atoms with Crippen molar-refractivity contribution in [3.63, 3.8) is 0 Å². The number of ether oxygens (including phenoxy) is 1. The molecule has 0 radical (unpaired) electrons. The van der Waals surface area contributed by atoms with Crippen LogP contribution >= 0.6 is 0 Å². The van der Waals surface area contributed by atoms with Gasteiger partial charge < -0.3 is 15.0 Å². The molecule has 21 heavy (non-hydrogen) atoms. The van der Waals surface area contributed by atoms with E-state index in [-0.39, 0.29) is 37.2 Å². The maximum Gasteiger partial charge on any atom is 0.236 e. The van der Waals surface area contributed by atoms with Crippen molar-refractivity contribution in [1.29, 1.82) is 0 Å². The normalized spacial score (nSPS) is 14.4. The predicted octanol–water partition coefficient (Wildman–Crippen LogP) is -0.975. The molecule has 0 saturated carbocycles. The van der Waals surface area contributed by atoms with Gasteiger partial charge in [0.25, 0.3) is 0 Å². The summed E-state index contributed by atoms with van der Waals surface area (Å²) in [6.07, 6.45) is 1.57. The second kappa shape index (κ2) is 9.09. The molecule has 8 heteroatoms. The number of nitrogens with zero attached hydrogens (tertiary/aromatic N) is 1. The van der Waals surface area contributed by atoms with Gasteiger partial charge in [0.05, 0.1) is 19.6 Å². The molecule has 1 fully saturated rings. The standard InChI is InChI=1S/C13H22N4O4/c1-10-2-3-13(20)17(10)7-4-11(18)15-6-9-21-8-5-12(19)16-14/h1-9,14H2,(H,15,18)(H,16,19). The van der Waals surface area contributed by atoms with Gasteiger partial charge in [0.15, 0.2) is 0 Å². The second-order valence-corrected chi connectivity index (χ2v) is 4.64. The van der Waals surface area contributed by atoms with Crippen LogP contribution in [0.3, 0.4) is 0 Å². The highest BCUT2D eigenvalue weighted by Crippen LogP contribution is 2.20. The van der Waals surface area contributed by atoms with Crippen molar-refractivity contribution in [3.8, 4) is 0 Å². The first kappa shape index (κ1) is 17.1. The molecular formula is C13H22N4O4. The van der Waals surface area contributed by atoms with Crippen LogP contribution in [0.2, 0.25) is 0 Å². The van der Waals surface area contributed by atoms with Crippen LogP contribution in [0.5, 0.6) is 0 Å². The van der Waals surface area contributed by atoms with E-state index in [1.807, 2.05) is 5.43 Å². The van der Waals surface area contributed by atoms with Gasteiger partial charge in [-0.3, -0.25) is 19.8 Å². The number of nitrogens with two attached hydrogens (primary N) is 1. The molecule has 1 aliphatic heterocycles. The third-order valence-electron chi connectivity index (χ3n) is 3.08. The summed E-state index contributed by atoms with van der Waals surface area (Å²) in [7, 11) is 0. The molecule has 0 aromatic carbocycles. The Morgan fingerprint density at radius 1 is 1.24 bits per heavy atom. The molecule has 0 aliphatic carbocycles. The lowest BCUT2D eigenvalue weighted by Crippen LogP contribution is -2.33. The van der Waals surface area contributed by atoms with Gasteiger partial charge in [-0.25, -0.2) is 5.84 Å². The minimum Gasteiger partial charge on any atom is -0.379 e. The van der Waals surface area contributed by atoms with Crippen molar-refractivity contribution in [2.75, 3.05) is 26.3 Å². The van der Waals surface area contributed by atoms with E-state index in [0.717, 1.165) is 5.70 Å². The number of hydrazine groups is 1. The van der Waals surface area contributed by atoms with Crippen molar-refractivity contribution in [1.82, 2.24) is 15.6 Å². The van der Waals surface area contributed by atoms with Crippen molar-refractivity contribution in [3.05, 3.63) is 12.3 Å². The van der Waals surface area contributed by atoms with E-state index in [0.29, 0.717) is 32.5 Å². The maximum absolute atomic E-state index is 11.6. The molecule has 0 bridgehead atoms. The highest BCUT2D eigenvalue weighted by molar-refractivity contribution is 5.82. The monoisotopic (exact) mass is 298 g/mol. The van der Waals surface area contributed by atoms with Gasteiger partial charge in [0, 0.05) is 31.6 Å². The van der Waals surface area contributed by atoms with Gasteiger partial charge in [-0.2, -0.15) is 0 Å². The van der Waals surface area contributed by atoms with Crippen molar-refractivity contribution >= 4 is 17.7 Å². The van der Waals surface area contributed by atoms with Crippen LogP contribution in [-0.2, 0) is 19.1 Å². The number of carbonyl (C=O) groups is 3. The molecule has 1 saturated heterocycles. The zero-order chi connectivity index (χ0) is 15.7. The Kier molecular flexibility index (Phi) is 7.41. The average Bonchev–Trinajstić information content (AvgIpc) is 2.79. The summed E-state index contributed by atoms with van der Waals surface area (Å²) in [4.78, 5) is 35.4. The molecule has 4 N–H and O–H groups in total. The van der Waals surface area contributed by atoms with E-state index in [9.17, 15) is 14.4 Å². The quantitative estimate of drug-likeness (QED) is 0.219. The third-order valence-corrected chi connectivity index (χ3v) is 3.08. The fourth-order valence-electron chi connectivity index (χ4n) is 1.88. The Morgan fingerprint density at radius 3 is 2.62 bits per heavy atom. The predicted molar refractivity (Wildman–Crippen MR) is 75.5 cm³/mol. The van der Waals surface area contributed by atoms with E-state index >= 15 is 0 Å². The summed E-state index contributed by atoms with van der Waals surface area (Å²) >= 11 is 0. The summed E-state index contributed by atoms with van der Waals surface area (Å²) < 4.78 is 5.16. The Morgan fingerprint density at radius 2 is 2.00 bits per heavy atom. The van der Waals surface area contributed by atoms with Crippen LogP contribution in [0.15, 0.2) is 12.3 Å². The zero-order valence-electron chi connectivity index (χ0n) is 12.0. The Hall–Kier alpha value is -1.93. The summed E-state index contributed by atoms with van der Waals surface area (Å²) in [5, 5.41) is 2.68. The minimum absolute atomic E-state index is 0.0225. The smallest absolute Gasteiger partial charge is 0.236 e. The lowest BCUT2D eigenvalue weighted by Gasteiger charge is -2.16. The molecule has 1 aliphatic rings. The molecule has 0 aromatic rings. The minimum atomic E-state index is -0.297. The molecule has 1 rings (SSSR count). The number of nitrogens with one attached hydrogen (secondary N) is 2. The van der Waals surface area contributed by atoms with Crippen molar-refractivity contribution < 1.29 is 19.1 Å². The molecule has 0 unspecified atom stereocenters. The number of hydrogen-bond acceptors (Lipinski definition) is 5. The third kappa shape index (κ3) is 6.37. The molecule has 0 atom stereocenters. The maximum atomic E-state index is 11.6. The molecule has 1 heterocycles. The average molecular weight is 298 g/mol. The number of amides is 3. The molecule has 118 valence electrons. The molecule has 0 spiro atoms. The number of carbonyl (C=O) groups excluding carboxylic acids is 3. The lowest BCUT2D eigenvalue weighted by atomic mass is 10.3. The summed E-state index contributed by atoms with van der Waals surface area (Å²) in [5.41, 5.74) is 2.77. The van der Waals surface area contributed by atoms with Crippen molar-refractivity contribution in [2.24, 2.45) is 5.84 Å². The lowest BCUT2D eigenvalue weighted by molar-refractivity contribution is -0.127. The van der Waals surface area contributed by atoms with Crippen LogP contribution in [0.4, 0.5) is 0 Å². The summed E-state index contributed by atoms with van der Waals surface area (Å²) in [6.45, 7) is 5.08. The van der Waals surface area contributed by atoms with Crippen LogP contribution in [0, 0.1) is 0 Å². The Labute approximate surface area is 123 Å². The van der Waals surface area contributed by atoms with Gasteiger partial charge in [0.2, 0.25) is 17.7 Å². The van der Waals surface area contributed by atoms with E-state index in [1.54, 1.807) is 4.90 Å². The van der Waals surface area contributed by atoms with Gasteiger partial charge >= 0.3 is 0 Å². The van der Waals surface area contributed by atoms with Crippen LogP contribution in [-0.4, -0.2) is 48.9 Å². The van der Waals surface area contributed by atoms with Crippen LogP contribution in [0.25, 0.3) is 0 Å². The zero-order valence-corrected chi connectivity index (χ0v) is 12.0. The topological polar surface area (TPSA) is 114 Å². The molecule has 8 nitrogen and oxygen atoms in total. The summed E-state index contributed by atoms with van der Waals surface area (Å²) in [6, 6.07) is 0. The van der Waals surface area contributed by atoms with Gasteiger partial charge in [-0.05, 0) is 6.42 Å². The van der Waals surface area contributed by atoms with Gasteiger partial charge in [-0.15, -0.1) is 0 Å². The number of rotatable bonds is 9. The van der Waals surface area contributed by atoms with E-state index in [4.69, 9.17) is 10.6 Å². The van der Waals surface area contributed by atoms with Gasteiger partial charge in [0.1, 0.15) is 0 Å². The summed E-state index contributed by atoms with van der Waals surface area (Å²) in [5.74, 6) is 4.49. The van der Waals surface area contributed by atoms with Gasteiger partial charge in [-0.1, -0.05) is 6.58 Å². The highest BCUT2D eigenvalue weighted by Gasteiger charge is 2.24. The SMILES string of the molecule is C=C1CCC(=O)N1CCC(=O)NCCOCCC(=O)NN. The number of likely N-dealkylation sites (tertiary alicyclic amines) is 1. The second-order valence-electron chi connectivity index (χ2n) is 4.64. The first-order valence-corrected chi connectivity index (χ1v) is 6.86. The number of hydrogen-bond donors (Lipinski definition) is 3. The molecule has 3 amide bonds. The van der Waals surface area contributed by atoms with E-state index in [2.05, 4.69) is 11.9 Å². The highest BCUT2D eigenvalue weighted by atomic mass is 16.5. The van der Waals surface area contributed by atoms with E-state index < -0.39 is 0 Å². The van der Waals surface area contributed by atoms with Crippen LogP contribution in [0.1, 0.15) is 25.7 Å². The molecule has 0 aromatic heterocycles.